The molecule has 50 heavy (non-hydrogen) atoms. The van der Waals surface area contributed by atoms with E-state index in [9.17, 15) is 15.3 Å². The average molecular weight is 667 g/mol. The summed E-state index contributed by atoms with van der Waals surface area (Å²) in [4.78, 5) is 31.1. The summed E-state index contributed by atoms with van der Waals surface area (Å²) in [6.07, 6.45) is 5.60. The number of anilines is 2. The highest BCUT2D eigenvalue weighted by Crippen LogP contribution is 2.40. The maximum atomic E-state index is 12.7. The molecule has 0 radical (unpaired) electrons. The van der Waals surface area contributed by atoms with Gasteiger partial charge in [-0.2, -0.15) is 10.5 Å². The van der Waals surface area contributed by atoms with Crippen molar-refractivity contribution in [2.75, 3.05) is 49.1 Å². The highest BCUT2D eigenvalue weighted by molar-refractivity contribution is 5.97. The predicted octanol–water partition coefficient (Wildman–Crippen LogP) is 5.53. The molecule has 3 aliphatic rings. The Hall–Kier alpha value is -5.45. The number of nitrogens with zero attached hydrogens (tertiary/aromatic N) is 8. The minimum Gasteiger partial charge on any atom is -0.473 e. The van der Waals surface area contributed by atoms with Gasteiger partial charge < -0.3 is 19.4 Å². The van der Waals surface area contributed by atoms with Crippen molar-refractivity contribution < 1.29 is 9.53 Å². The molecule has 2 fully saturated rings. The normalized spacial score (nSPS) is 18.3. The van der Waals surface area contributed by atoms with Gasteiger partial charge in [-0.1, -0.05) is 43.0 Å². The van der Waals surface area contributed by atoms with Crippen LogP contribution in [0.1, 0.15) is 47.3 Å². The molecule has 254 valence electrons. The fourth-order valence-electron chi connectivity index (χ4n) is 7.85. The van der Waals surface area contributed by atoms with E-state index < -0.39 is 0 Å². The second-order valence-electron chi connectivity index (χ2n) is 13.4. The Labute approximate surface area is 293 Å². The van der Waals surface area contributed by atoms with Crippen LogP contribution in [0, 0.1) is 29.6 Å². The van der Waals surface area contributed by atoms with Gasteiger partial charge in [0.25, 0.3) is 0 Å². The number of piperidine rings is 1. The molecule has 0 unspecified atom stereocenters. The fourth-order valence-corrected chi connectivity index (χ4v) is 7.85. The first kappa shape index (κ1) is 33.1. The number of likely N-dealkylation sites (tertiary alicyclic amines) is 1. The summed E-state index contributed by atoms with van der Waals surface area (Å²) in [6.45, 7) is 11.1. The molecule has 1 atom stereocenters. The van der Waals surface area contributed by atoms with Gasteiger partial charge in [-0.05, 0) is 61.4 Å². The zero-order valence-corrected chi connectivity index (χ0v) is 28.6. The van der Waals surface area contributed by atoms with Crippen molar-refractivity contribution >= 4 is 28.1 Å². The third-order valence-electron chi connectivity index (χ3n) is 10.3. The van der Waals surface area contributed by atoms with Crippen LogP contribution >= 0.6 is 0 Å². The van der Waals surface area contributed by atoms with Crippen LogP contribution in [0.15, 0.2) is 73.4 Å². The average Bonchev–Trinajstić information content (AvgIpc) is 3.15. The number of aromatic nitrogens is 2. The van der Waals surface area contributed by atoms with E-state index in [1.54, 1.807) is 4.90 Å². The van der Waals surface area contributed by atoms with Gasteiger partial charge in [0.05, 0.1) is 42.2 Å². The number of rotatable bonds is 8. The van der Waals surface area contributed by atoms with E-state index in [1.165, 1.54) is 28.1 Å². The van der Waals surface area contributed by atoms with Crippen LogP contribution in [0.25, 0.3) is 10.8 Å². The third-order valence-corrected chi connectivity index (χ3v) is 10.3. The molecule has 0 N–H and O–H groups in total. The van der Waals surface area contributed by atoms with Gasteiger partial charge in [0.15, 0.2) is 0 Å². The smallest absolute Gasteiger partial charge is 0.246 e. The zero-order valence-electron chi connectivity index (χ0n) is 28.6. The molecule has 0 saturated carbocycles. The Morgan fingerprint density at radius 2 is 1.84 bits per heavy atom. The van der Waals surface area contributed by atoms with E-state index in [0.717, 1.165) is 61.7 Å². The zero-order chi connectivity index (χ0) is 34.6. The third kappa shape index (κ3) is 6.59. The first-order chi connectivity index (χ1) is 24.5. The number of aryl methyl sites for hydroxylation is 1. The SMILES string of the molecule is C=CC(=O)N1CCN(c2c(C#N)c(OC3CCN(Cc4ccccn4)CC3)nc3c2CCN(c2cccc4cccc(C)c24)C3)C[C@@H]1CC#N. The van der Waals surface area contributed by atoms with Crippen LogP contribution in [-0.2, 0) is 24.3 Å². The molecule has 0 bridgehead atoms. The molecule has 2 saturated heterocycles. The minimum atomic E-state index is -0.318. The van der Waals surface area contributed by atoms with Crippen molar-refractivity contribution in [1.29, 1.82) is 10.5 Å². The molecule has 3 aliphatic heterocycles. The Balaban J connectivity index is 1.22. The monoisotopic (exact) mass is 666 g/mol. The molecule has 0 aliphatic carbocycles. The summed E-state index contributed by atoms with van der Waals surface area (Å²) in [5.74, 6) is 0.198. The van der Waals surface area contributed by atoms with Crippen LogP contribution in [0.4, 0.5) is 11.4 Å². The predicted molar refractivity (Wildman–Crippen MR) is 194 cm³/mol. The van der Waals surface area contributed by atoms with Crippen molar-refractivity contribution in [3.8, 4) is 18.0 Å². The topological polar surface area (TPSA) is 113 Å². The summed E-state index contributed by atoms with van der Waals surface area (Å²) >= 11 is 0. The second kappa shape index (κ2) is 14.6. The standard InChI is InChI=1S/C40H42N8O2/c1-3-37(49)48-23-22-47(26-31(48)13-17-41)39-33-16-21-46(36-12-7-10-29-9-6-8-28(2)38(29)36)27-35(33)44-40(34(39)24-42)50-32-14-19-45(20-15-32)25-30-11-4-5-18-43-30/h3-12,18,31-32H,1,13-16,19-23,25-27H2,2H3/t31-/m0/s1. The van der Waals surface area contributed by atoms with Gasteiger partial charge in [-0.25, -0.2) is 4.98 Å². The Morgan fingerprint density at radius 1 is 1.02 bits per heavy atom. The van der Waals surface area contributed by atoms with Crippen molar-refractivity contribution in [1.82, 2.24) is 19.8 Å². The number of pyridine rings is 2. The lowest BCUT2D eigenvalue weighted by Crippen LogP contribution is -2.55. The van der Waals surface area contributed by atoms with E-state index in [-0.39, 0.29) is 24.5 Å². The maximum absolute atomic E-state index is 12.7. The molecule has 0 spiro atoms. The van der Waals surface area contributed by atoms with Gasteiger partial charge in [0.2, 0.25) is 11.8 Å². The lowest BCUT2D eigenvalue weighted by molar-refractivity contribution is -0.128. The molecular weight excluding hydrogens is 624 g/mol. The molecule has 10 heteroatoms. The molecular formula is C40H42N8O2. The Kier molecular flexibility index (Phi) is 9.64. The lowest BCUT2D eigenvalue weighted by Gasteiger charge is -2.43. The molecule has 2 aromatic heterocycles. The quantitative estimate of drug-likeness (QED) is 0.224. The van der Waals surface area contributed by atoms with E-state index in [4.69, 9.17) is 9.72 Å². The molecule has 1 amide bonds. The van der Waals surface area contributed by atoms with Gasteiger partial charge in [-0.15, -0.1) is 0 Å². The van der Waals surface area contributed by atoms with E-state index in [0.29, 0.717) is 44.0 Å². The minimum absolute atomic E-state index is 0.0747. The van der Waals surface area contributed by atoms with Gasteiger partial charge in [-0.3, -0.25) is 14.7 Å². The number of benzene rings is 2. The molecule has 2 aromatic carbocycles. The molecule has 10 nitrogen and oxygen atoms in total. The van der Waals surface area contributed by atoms with Gasteiger partial charge in [0.1, 0.15) is 17.7 Å². The van der Waals surface area contributed by atoms with E-state index in [1.807, 2.05) is 18.3 Å². The van der Waals surface area contributed by atoms with Crippen LogP contribution in [-0.4, -0.2) is 77.1 Å². The molecule has 4 aromatic rings. The van der Waals surface area contributed by atoms with Crippen molar-refractivity contribution in [3.63, 3.8) is 0 Å². The summed E-state index contributed by atoms with van der Waals surface area (Å²) < 4.78 is 6.70. The number of carbonyl (C=O) groups excluding carboxylic acids is 1. The number of piperazine rings is 1. The molecule has 5 heterocycles. The summed E-state index contributed by atoms with van der Waals surface area (Å²) in [5, 5.41) is 22.9. The van der Waals surface area contributed by atoms with Crippen LogP contribution in [0.5, 0.6) is 5.88 Å². The Bertz CT molecular complexity index is 1970. The second-order valence-corrected chi connectivity index (χ2v) is 13.4. The highest BCUT2D eigenvalue weighted by Gasteiger charge is 2.35. The van der Waals surface area contributed by atoms with Gasteiger partial charge >= 0.3 is 0 Å². The number of ether oxygens (including phenoxy) is 1. The lowest BCUT2D eigenvalue weighted by atomic mass is 9.95. The van der Waals surface area contributed by atoms with Crippen LogP contribution in [0.2, 0.25) is 0 Å². The number of hydrogen-bond donors (Lipinski definition) is 0. The summed E-state index contributed by atoms with van der Waals surface area (Å²) in [6, 6.07) is 23.3. The van der Waals surface area contributed by atoms with E-state index in [2.05, 4.69) is 87.8 Å². The largest absolute Gasteiger partial charge is 0.473 e. The first-order valence-corrected chi connectivity index (χ1v) is 17.5. The van der Waals surface area contributed by atoms with Crippen LogP contribution in [0.3, 0.4) is 0 Å². The van der Waals surface area contributed by atoms with Crippen LogP contribution < -0.4 is 14.5 Å². The Morgan fingerprint density at radius 3 is 2.58 bits per heavy atom. The van der Waals surface area contributed by atoms with E-state index >= 15 is 0 Å². The highest BCUT2D eigenvalue weighted by atomic mass is 16.5. The van der Waals surface area contributed by atoms with Crippen molar-refractivity contribution in [2.24, 2.45) is 0 Å². The number of fused-ring (bicyclic) bond motifs is 2. The van der Waals surface area contributed by atoms with Crippen molar-refractivity contribution in [2.45, 2.75) is 57.8 Å². The molecule has 7 rings (SSSR count). The van der Waals surface area contributed by atoms with Gasteiger partial charge in [0, 0.05) is 68.6 Å². The summed E-state index contributed by atoms with van der Waals surface area (Å²) in [7, 11) is 0. The summed E-state index contributed by atoms with van der Waals surface area (Å²) in [5.41, 5.74) is 6.68. The first-order valence-electron chi connectivity index (χ1n) is 17.5. The number of hydrogen-bond acceptors (Lipinski definition) is 9. The number of carbonyl (C=O) groups is 1. The number of amides is 1. The maximum Gasteiger partial charge on any atom is 0.246 e. The fraction of sp³-hybridized carbons (Fsp3) is 0.375. The van der Waals surface area contributed by atoms with Crippen molar-refractivity contribution in [3.05, 3.63) is 102 Å². The number of nitriles is 2.